The molecule has 1 aliphatic rings. The van der Waals surface area contributed by atoms with Gasteiger partial charge in [0.25, 0.3) is 0 Å². The molecular weight excluding hydrogens is 148 g/mol. The molecule has 1 N–H and O–H groups in total. The van der Waals surface area contributed by atoms with E-state index >= 15 is 0 Å². The van der Waals surface area contributed by atoms with Gasteiger partial charge in [-0.15, -0.1) is 0 Å². The summed E-state index contributed by atoms with van der Waals surface area (Å²) in [5, 5.41) is 3.27. The van der Waals surface area contributed by atoms with Crippen LogP contribution in [0.15, 0.2) is 29.3 Å². The molecule has 1 aromatic rings. The lowest BCUT2D eigenvalue weighted by Gasteiger charge is -2.05. The molecule has 0 saturated heterocycles. The summed E-state index contributed by atoms with van der Waals surface area (Å²) in [4.78, 5) is 4.34. The summed E-state index contributed by atoms with van der Waals surface area (Å²) in [6.07, 6.45) is 1.04. The average molecular weight is 160 g/mol. The summed E-state index contributed by atoms with van der Waals surface area (Å²) in [7, 11) is 0. The highest BCUT2D eigenvalue weighted by atomic mass is 15.0. The van der Waals surface area contributed by atoms with Gasteiger partial charge >= 0.3 is 0 Å². The van der Waals surface area contributed by atoms with Gasteiger partial charge in [-0.1, -0.05) is 18.2 Å². The second-order valence-corrected chi connectivity index (χ2v) is 3.00. The summed E-state index contributed by atoms with van der Waals surface area (Å²) in [5.74, 6) is 1.01. The van der Waals surface area contributed by atoms with E-state index in [1.807, 2.05) is 13.0 Å². The van der Waals surface area contributed by atoms with Gasteiger partial charge in [0.15, 0.2) is 0 Å². The zero-order chi connectivity index (χ0) is 8.39. The number of benzene rings is 1. The maximum Gasteiger partial charge on any atom is 0.0975 e. The second-order valence-electron chi connectivity index (χ2n) is 3.00. The fourth-order valence-electron chi connectivity index (χ4n) is 1.44. The number of aliphatic imine (C=N–C) groups is 1. The van der Waals surface area contributed by atoms with Crippen LogP contribution in [0.25, 0.3) is 0 Å². The SMILES string of the molecule is CC1=NCCc2ccccc2N1. The molecule has 1 aliphatic heterocycles. The molecule has 0 amide bonds. The molecule has 62 valence electrons. The van der Waals surface area contributed by atoms with Crippen LogP contribution in [0.5, 0.6) is 0 Å². The van der Waals surface area contributed by atoms with Gasteiger partial charge in [0, 0.05) is 12.2 Å². The van der Waals surface area contributed by atoms with E-state index in [9.17, 15) is 0 Å². The summed E-state index contributed by atoms with van der Waals surface area (Å²) in [5.41, 5.74) is 2.56. The second kappa shape index (κ2) is 2.97. The first-order valence-electron chi connectivity index (χ1n) is 4.22. The number of nitrogens with one attached hydrogen (secondary N) is 1. The van der Waals surface area contributed by atoms with Gasteiger partial charge in [-0.2, -0.15) is 0 Å². The van der Waals surface area contributed by atoms with Crippen LogP contribution in [0.3, 0.4) is 0 Å². The molecule has 2 heteroatoms. The normalized spacial score (nSPS) is 15.6. The Labute approximate surface area is 72.3 Å². The third kappa shape index (κ3) is 1.33. The third-order valence-corrected chi connectivity index (χ3v) is 2.06. The van der Waals surface area contributed by atoms with Gasteiger partial charge in [0.05, 0.1) is 5.84 Å². The first kappa shape index (κ1) is 7.35. The van der Waals surface area contributed by atoms with Crippen molar-refractivity contribution in [3.8, 4) is 0 Å². The maximum atomic E-state index is 4.34. The molecule has 2 rings (SSSR count). The number of anilines is 1. The number of hydrogen-bond donors (Lipinski definition) is 1. The Morgan fingerprint density at radius 1 is 1.33 bits per heavy atom. The van der Waals surface area contributed by atoms with Gasteiger partial charge in [0.1, 0.15) is 0 Å². The largest absolute Gasteiger partial charge is 0.344 e. The Morgan fingerprint density at radius 3 is 3.08 bits per heavy atom. The molecule has 0 aliphatic carbocycles. The first-order chi connectivity index (χ1) is 5.86. The Bertz CT molecular complexity index is 315. The van der Waals surface area contributed by atoms with E-state index in [1.54, 1.807) is 0 Å². The highest BCUT2D eigenvalue weighted by molar-refractivity contribution is 5.94. The van der Waals surface area contributed by atoms with Crippen molar-refractivity contribution in [1.29, 1.82) is 0 Å². The zero-order valence-electron chi connectivity index (χ0n) is 7.17. The number of rotatable bonds is 0. The molecule has 0 unspecified atom stereocenters. The molecule has 0 atom stereocenters. The van der Waals surface area contributed by atoms with Gasteiger partial charge in [0.2, 0.25) is 0 Å². The minimum absolute atomic E-state index is 0.899. The van der Waals surface area contributed by atoms with Crippen LogP contribution in [-0.4, -0.2) is 12.4 Å². The molecular formula is C10H12N2. The monoisotopic (exact) mass is 160 g/mol. The first-order valence-corrected chi connectivity index (χ1v) is 4.22. The van der Waals surface area contributed by atoms with Crippen molar-refractivity contribution < 1.29 is 0 Å². The Kier molecular flexibility index (Phi) is 1.82. The molecule has 0 fully saturated rings. The summed E-state index contributed by atoms with van der Waals surface area (Å²) in [6, 6.07) is 8.36. The van der Waals surface area contributed by atoms with Crippen molar-refractivity contribution in [2.24, 2.45) is 4.99 Å². The summed E-state index contributed by atoms with van der Waals surface area (Å²) >= 11 is 0. The van der Waals surface area contributed by atoms with Crippen LogP contribution in [0.1, 0.15) is 12.5 Å². The number of para-hydroxylation sites is 1. The molecule has 1 aromatic carbocycles. The van der Waals surface area contributed by atoms with Gasteiger partial charge in [-0.05, 0) is 25.0 Å². The van der Waals surface area contributed by atoms with E-state index in [-0.39, 0.29) is 0 Å². The quantitative estimate of drug-likeness (QED) is 0.617. The lowest BCUT2D eigenvalue weighted by molar-refractivity contribution is 0.981. The smallest absolute Gasteiger partial charge is 0.0975 e. The molecule has 2 nitrogen and oxygen atoms in total. The van der Waals surface area contributed by atoms with Crippen LogP contribution < -0.4 is 5.32 Å². The summed E-state index contributed by atoms with van der Waals surface area (Å²) in [6.45, 7) is 2.90. The predicted molar refractivity (Wildman–Crippen MR) is 51.7 cm³/mol. The van der Waals surface area contributed by atoms with Crippen LogP contribution in [-0.2, 0) is 6.42 Å². The van der Waals surface area contributed by atoms with Crippen molar-refractivity contribution in [2.45, 2.75) is 13.3 Å². The van der Waals surface area contributed by atoms with E-state index in [4.69, 9.17) is 0 Å². The van der Waals surface area contributed by atoms with E-state index in [2.05, 4.69) is 28.5 Å². The topological polar surface area (TPSA) is 24.4 Å². The lowest BCUT2D eigenvalue weighted by Crippen LogP contribution is -2.06. The van der Waals surface area contributed by atoms with Crippen molar-refractivity contribution in [3.05, 3.63) is 29.8 Å². The average Bonchev–Trinajstić information content (AvgIpc) is 2.25. The van der Waals surface area contributed by atoms with Crippen molar-refractivity contribution in [2.75, 3.05) is 11.9 Å². The van der Waals surface area contributed by atoms with Gasteiger partial charge in [-0.3, -0.25) is 4.99 Å². The number of amidine groups is 1. The van der Waals surface area contributed by atoms with E-state index in [0.29, 0.717) is 0 Å². The van der Waals surface area contributed by atoms with Crippen LogP contribution >= 0.6 is 0 Å². The van der Waals surface area contributed by atoms with Crippen molar-refractivity contribution >= 4 is 11.5 Å². The predicted octanol–water partition coefficient (Wildman–Crippen LogP) is 2.07. The Hall–Kier alpha value is -1.31. The molecule has 1 heterocycles. The van der Waals surface area contributed by atoms with Crippen LogP contribution in [0, 0.1) is 0 Å². The number of hydrogen-bond acceptors (Lipinski definition) is 2. The van der Waals surface area contributed by atoms with Crippen LogP contribution in [0.4, 0.5) is 5.69 Å². The fraction of sp³-hybridized carbons (Fsp3) is 0.300. The standard InChI is InChI=1S/C10H12N2/c1-8-11-7-6-9-4-2-3-5-10(9)12-8/h2-5H,6-7H2,1H3,(H,11,12). The highest BCUT2D eigenvalue weighted by Gasteiger charge is 2.04. The maximum absolute atomic E-state index is 4.34. The highest BCUT2D eigenvalue weighted by Crippen LogP contribution is 2.17. The fourth-order valence-corrected chi connectivity index (χ4v) is 1.44. The van der Waals surface area contributed by atoms with Crippen LogP contribution in [0.2, 0.25) is 0 Å². The summed E-state index contributed by atoms with van der Waals surface area (Å²) < 4.78 is 0. The minimum atomic E-state index is 0.899. The van der Waals surface area contributed by atoms with Crippen molar-refractivity contribution in [1.82, 2.24) is 0 Å². The van der Waals surface area contributed by atoms with Crippen molar-refractivity contribution in [3.63, 3.8) is 0 Å². The lowest BCUT2D eigenvalue weighted by atomic mass is 10.1. The third-order valence-electron chi connectivity index (χ3n) is 2.06. The van der Waals surface area contributed by atoms with E-state index < -0.39 is 0 Å². The number of nitrogens with zero attached hydrogens (tertiary/aromatic N) is 1. The molecule has 0 aromatic heterocycles. The molecule has 12 heavy (non-hydrogen) atoms. The van der Waals surface area contributed by atoms with E-state index in [0.717, 1.165) is 18.8 Å². The minimum Gasteiger partial charge on any atom is -0.344 e. The molecule has 0 spiro atoms. The Balaban J connectivity index is 2.38. The van der Waals surface area contributed by atoms with Gasteiger partial charge in [-0.25, -0.2) is 0 Å². The Morgan fingerprint density at radius 2 is 2.17 bits per heavy atom. The van der Waals surface area contributed by atoms with E-state index in [1.165, 1.54) is 11.3 Å². The number of fused-ring (bicyclic) bond motifs is 1. The van der Waals surface area contributed by atoms with Gasteiger partial charge < -0.3 is 5.32 Å². The molecule has 0 bridgehead atoms. The zero-order valence-corrected chi connectivity index (χ0v) is 7.17. The molecule has 0 radical (unpaired) electrons. The molecule has 0 saturated carbocycles.